The fraction of sp³-hybridized carbons (Fsp3) is 0.143. The number of hydrogen-bond acceptors (Lipinski definition) is 1. The fourth-order valence-corrected chi connectivity index (χ4v) is 2.55. The quantitative estimate of drug-likeness (QED) is 0.589. The van der Waals surface area contributed by atoms with E-state index in [1.54, 1.807) is 24.3 Å². The molecule has 0 aliphatic carbocycles. The van der Waals surface area contributed by atoms with Gasteiger partial charge in [-0.2, -0.15) is 0 Å². The number of halogens is 4. The van der Waals surface area contributed by atoms with Gasteiger partial charge in [-0.15, -0.1) is 0 Å². The molecule has 0 saturated carbocycles. The average molecular weight is 408 g/mol. The molecule has 0 spiro atoms. The van der Waals surface area contributed by atoms with Crippen molar-refractivity contribution in [3.05, 3.63) is 62.8 Å². The Labute approximate surface area is 133 Å². The number of rotatable bonds is 4. The number of alkyl halides is 1. The smallest absolute Gasteiger partial charge is 0.130 e. The van der Waals surface area contributed by atoms with Crippen LogP contribution in [-0.2, 0) is 11.9 Å². The molecule has 19 heavy (non-hydrogen) atoms. The molecule has 0 N–H and O–H groups in total. The van der Waals surface area contributed by atoms with E-state index in [0.29, 0.717) is 26.1 Å². The van der Waals surface area contributed by atoms with Crippen LogP contribution in [0.2, 0.25) is 5.02 Å². The van der Waals surface area contributed by atoms with Crippen molar-refractivity contribution >= 4 is 43.5 Å². The van der Waals surface area contributed by atoms with Crippen LogP contribution in [0.3, 0.4) is 0 Å². The van der Waals surface area contributed by atoms with Gasteiger partial charge in [0.1, 0.15) is 18.2 Å². The first kappa shape index (κ1) is 14.8. The molecule has 0 saturated heterocycles. The van der Waals surface area contributed by atoms with Crippen molar-refractivity contribution in [1.82, 2.24) is 0 Å². The lowest BCUT2D eigenvalue weighted by molar-refractivity contribution is 0.297. The van der Waals surface area contributed by atoms with Gasteiger partial charge in [-0.05, 0) is 30.3 Å². The molecule has 2 rings (SSSR count). The number of benzene rings is 2. The summed E-state index contributed by atoms with van der Waals surface area (Å²) in [5.74, 6) is 0.410. The minimum Gasteiger partial charge on any atom is -0.488 e. The van der Waals surface area contributed by atoms with E-state index in [1.807, 2.05) is 6.07 Å². The van der Waals surface area contributed by atoms with Crippen molar-refractivity contribution in [2.45, 2.75) is 11.9 Å². The monoisotopic (exact) mass is 406 g/mol. The molecule has 0 aliphatic heterocycles. The van der Waals surface area contributed by atoms with E-state index >= 15 is 0 Å². The highest BCUT2D eigenvalue weighted by molar-refractivity contribution is 9.10. The molecule has 0 heterocycles. The van der Waals surface area contributed by atoms with E-state index in [0.717, 1.165) is 5.56 Å². The van der Waals surface area contributed by atoms with Crippen molar-refractivity contribution in [3.63, 3.8) is 0 Å². The van der Waals surface area contributed by atoms with Crippen molar-refractivity contribution in [2.75, 3.05) is 0 Å². The van der Waals surface area contributed by atoms with Crippen LogP contribution in [0.4, 0.5) is 4.39 Å². The maximum Gasteiger partial charge on any atom is 0.130 e. The van der Waals surface area contributed by atoms with E-state index in [2.05, 4.69) is 31.9 Å². The van der Waals surface area contributed by atoms with Gasteiger partial charge < -0.3 is 4.74 Å². The minimum atomic E-state index is -0.288. The second-order valence-corrected chi connectivity index (χ2v) is 5.82. The fourth-order valence-electron chi connectivity index (χ4n) is 1.59. The molecule has 0 aromatic heterocycles. The summed E-state index contributed by atoms with van der Waals surface area (Å²) < 4.78 is 20.0. The van der Waals surface area contributed by atoms with Crippen LogP contribution in [-0.4, -0.2) is 0 Å². The normalized spacial score (nSPS) is 10.5. The minimum absolute atomic E-state index is 0.181. The lowest BCUT2D eigenvalue weighted by Gasteiger charge is -2.11. The topological polar surface area (TPSA) is 9.23 Å². The zero-order valence-corrected chi connectivity index (χ0v) is 13.7. The maximum absolute atomic E-state index is 13.7. The van der Waals surface area contributed by atoms with Gasteiger partial charge in [0, 0.05) is 26.0 Å². The molecule has 0 atom stereocenters. The summed E-state index contributed by atoms with van der Waals surface area (Å²) in [6.07, 6.45) is 0. The van der Waals surface area contributed by atoms with Gasteiger partial charge in [0.15, 0.2) is 0 Å². The summed E-state index contributed by atoms with van der Waals surface area (Å²) in [6, 6.07) is 10.3. The first-order valence-electron chi connectivity index (χ1n) is 5.51. The van der Waals surface area contributed by atoms with Gasteiger partial charge in [-0.1, -0.05) is 49.5 Å². The Kier molecular flexibility index (Phi) is 5.25. The highest BCUT2D eigenvalue weighted by atomic mass is 79.9. The highest BCUT2D eigenvalue weighted by Gasteiger charge is 2.07. The zero-order chi connectivity index (χ0) is 13.8. The molecular formula is C14H10Br2ClFO. The van der Waals surface area contributed by atoms with E-state index in [9.17, 15) is 4.39 Å². The molecule has 0 bridgehead atoms. The van der Waals surface area contributed by atoms with Crippen molar-refractivity contribution in [1.29, 1.82) is 0 Å². The summed E-state index contributed by atoms with van der Waals surface area (Å²) in [5, 5.41) is 1.28. The maximum atomic E-state index is 13.7. The predicted molar refractivity (Wildman–Crippen MR) is 82.5 cm³/mol. The Morgan fingerprint density at radius 1 is 1.11 bits per heavy atom. The Balaban J connectivity index is 2.14. The molecule has 1 nitrogen and oxygen atoms in total. The second kappa shape index (κ2) is 6.73. The SMILES string of the molecule is Fc1cc(Br)ccc1COc1ccc(Cl)cc1CBr. The molecule has 0 amide bonds. The third kappa shape index (κ3) is 3.94. The molecule has 2 aromatic carbocycles. The van der Waals surface area contributed by atoms with E-state index < -0.39 is 0 Å². The predicted octanol–water partition coefficient (Wildman–Crippen LogP) is 5.72. The van der Waals surface area contributed by atoms with Crippen LogP contribution >= 0.6 is 43.5 Å². The first-order valence-corrected chi connectivity index (χ1v) is 7.80. The Bertz CT molecular complexity index is 590. The number of ether oxygens (including phenoxy) is 1. The van der Waals surface area contributed by atoms with Crippen LogP contribution in [0, 0.1) is 5.82 Å². The largest absolute Gasteiger partial charge is 0.488 e. The molecule has 5 heteroatoms. The summed E-state index contributed by atoms with van der Waals surface area (Å²) >= 11 is 12.5. The molecule has 2 aromatic rings. The van der Waals surface area contributed by atoms with Gasteiger partial charge in [0.05, 0.1) is 0 Å². The van der Waals surface area contributed by atoms with Gasteiger partial charge in [0.2, 0.25) is 0 Å². The van der Waals surface area contributed by atoms with Crippen LogP contribution in [0.1, 0.15) is 11.1 Å². The van der Waals surface area contributed by atoms with Crippen LogP contribution < -0.4 is 4.74 Å². The van der Waals surface area contributed by atoms with Crippen molar-refractivity contribution in [3.8, 4) is 5.75 Å². The van der Waals surface area contributed by atoms with Gasteiger partial charge in [-0.25, -0.2) is 4.39 Å². The molecule has 0 fully saturated rings. The Morgan fingerprint density at radius 2 is 1.89 bits per heavy atom. The molecule has 0 radical (unpaired) electrons. The summed E-state index contributed by atoms with van der Waals surface area (Å²) in [6.45, 7) is 0.181. The van der Waals surface area contributed by atoms with Crippen LogP contribution in [0.5, 0.6) is 5.75 Å². The first-order chi connectivity index (χ1) is 9.10. The van der Waals surface area contributed by atoms with E-state index in [4.69, 9.17) is 16.3 Å². The van der Waals surface area contributed by atoms with Gasteiger partial charge >= 0.3 is 0 Å². The average Bonchev–Trinajstić information content (AvgIpc) is 2.39. The molecular weight excluding hydrogens is 398 g/mol. The van der Waals surface area contributed by atoms with Crippen LogP contribution in [0.15, 0.2) is 40.9 Å². The van der Waals surface area contributed by atoms with E-state index in [-0.39, 0.29) is 12.4 Å². The lowest BCUT2D eigenvalue weighted by Crippen LogP contribution is -2.00. The van der Waals surface area contributed by atoms with Crippen LogP contribution in [0.25, 0.3) is 0 Å². The summed E-state index contributed by atoms with van der Waals surface area (Å²) in [5.41, 5.74) is 1.45. The highest BCUT2D eigenvalue weighted by Crippen LogP contribution is 2.26. The zero-order valence-electron chi connectivity index (χ0n) is 9.80. The molecule has 0 unspecified atom stereocenters. The summed E-state index contributed by atoms with van der Waals surface area (Å²) in [7, 11) is 0. The Hall–Kier alpha value is -0.580. The van der Waals surface area contributed by atoms with Crippen molar-refractivity contribution in [2.24, 2.45) is 0 Å². The summed E-state index contributed by atoms with van der Waals surface area (Å²) in [4.78, 5) is 0. The van der Waals surface area contributed by atoms with Gasteiger partial charge in [-0.3, -0.25) is 0 Å². The third-order valence-electron chi connectivity index (χ3n) is 2.56. The van der Waals surface area contributed by atoms with Crippen molar-refractivity contribution < 1.29 is 9.13 Å². The standard InChI is InChI=1S/C14H10Br2ClFO/c15-7-10-5-12(17)3-4-14(10)19-8-9-1-2-11(16)6-13(9)18/h1-6H,7-8H2. The van der Waals surface area contributed by atoms with Gasteiger partial charge in [0.25, 0.3) is 0 Å². The van der Waals surface area contributed by atoms with E-state index in [1.165, 1.54) is 6.07 Å². The molecule has 0 aliphatic rings. The number of hydrogen-bond donors (Lipinski definition) is 0. The second-order valence-electron chi connectivity index (χ2n) is 3.91. The Morgan fingerprint density at radius 3 is 2.58 bits per heavy atom. The lowest BCUT2D eigenvalue weighted by atomic mass is 10.2. The third-order valence-corrected chi connectivity index (χ3v) is 3.90. The molecule has 100 valence electrons.